The number of anilines is 1. The number of nitrogens with zero attached hydrogens (tertiary/aromatic N) is 5. The number of aromatic nitrogens is 3. The van der Waals surface area contributed by atoms with Gasteiger partial charge in [0, 0.05) is 38.6 Å². The van der Waals surface area contributed by atoms with E-state index < -0.39 is 11.7 Å². The van der Waals surface area contributed by atoms with Gasteiger partial charge in [-0.15, -0.1) is 11.3 Å². The van der Waals surface area contributed by atoms with Crippen molar-refractivity contribution >= 4 is 23.1 Å². The van der Waals surface area contributed by atoms with Gasteiger partial charge in [0.15, 0.2) is 0 Å². The van der Waals surface area contributed by atoms with Crippen LogP contribution in [-0.4, -0.2) is 51.9 Å². The van der Waals surface area contributed by atoms with Gasteiger partial charge < -0.3 is 9.80 Å². The Hall–Kier alpha value is -3.01. The highest BCUT2D eigenvalue weighted by atomic mass is 32.1. The molecule has 1 amide bonds. The second-order valence-electron chi connectivity index (χ2n) is 6.83. The molecule has 0 aliphatic carbocycles. The van der Waals surface area contributed by atoms with Crippen LogP contribution in [0.3, 0.4) is 0 Å². The number of rotatable bonds is 3. The molecule has 6 nitrogen and oxygen atoms in total. The van der Waals surface area contributed by atoms with E-state index in [1.54, 1.807) is 18.0 Å². The molecule has 156 valence electrons. The van der Waals surface area contributed by atoms with Crippen LogP contribution >= 0.6 is 11.3 Å². The lowest BCUT2D eigenvalue weighted by Crippen LogP contribution is -2.49. The van der Waals surface area contributed by atoms with Crippen LogP contribution in [-0.2, 0) is 6.18 Å². The van der Waals surface area contributed by atoms with E-state index >= 15 is 0 Å². The third-order valence-electron chi connectivity index (χ3n) is 4.84. The van der Waals surface area contributed by atoms with Gasteiger partial charge in [0.2, 0.25) is 0 Å². The monoisotopic (exact) mass is 433 g/mol. The van der Waals surface area contributed by atoms with Gasteiger partial charge in [-0.25, -0.2) is 9.97 Å². The fourth-order valence-electron chi connectivity index (χ4n) is 3.22. The maximum Gasteiger partial charge on any atom is 0.417 e. The normalized spacial score (nSPS) is 14.8. The van der Waals surface area contributed by atoms with Crippen LogP contribution in [0.5, 0.6) is 0 Å². The average molecular weight is 433 g/mol. The zero-order valence-corrected chi connectivity index (χ0v) is 16.9. The molecule has 0 aromatic carbocycles. The summed E-state index contributed by atoms with van der Waals surface area (Å²) in [5, 5.41) is 0.698. The van der Waals surface area contributed by atoms with E-state index in [-0.39, 0.29) is 5.91 Å². The van der Waals surface area contributed by atoms with Crippen LogP contribution in [0.2, 0.25) is 0 Å². The van der Waals surface area contributed by atoms with Crippen molar-refractivity contribution in [3.05, 3.63) is 58.9 Å². The summed E-state index contributed by atoms with van der Waals surface area (Å²) in [5.74, 6) is 0.383. The van der Waals surface area contributed by atoms with Crippen molar-refractivity contribution in [2.24, 2.45) is 0 Å². The maximum absolute atomic E-state index is 13.0. The summed E-state index contributed by atoms with van der Waals surface area (Å²) in [7, 11) is 0. The molecule has 10 heteroatoms. The lowest BCUT2D eigenvalue weighted by Gasteiger charge is -2.35. The first kappa shape index (κ1) is 20.3. The lowest BCUT2D eigenvalue weighted by atomic mass is 10.2. The number of hydrogen-bond acceptors (Lipinski definition) is 6. The Kier molecular flexibility index (Phi) is 5.42. The minimum absolute atomic E-state index is 0.0905. The van der Waals surface area contributed by atoms with Crippen molar-refractivity contribution in [1.29, 1.82) is 0 Å². The number of alkyl halides is 3. The summed E-state index contributed by atoms with van der Waals surface area (Å²) in [6.45, 7) is 3.71. The van der Waals surface area contributed by atoms with Gasteiger partial charge in [-0.1, -0.05) is 6.07 Å². The van der Waals surface area contributed by atoms with Gasteiger partial charge in [0.05, 0.1) is 17.0 Å². The first-order valence-electron chi connectivity index (χ1n) is 9.29. The Morgan fingerprint density at radius 2 is 1.83 bits per heavy atom. The molecule has 3 aromatic heterocycles. The Morgan fingerprint density at radius 3 is 2.43 bits per heavy atom. The third kappa shape index (κ3) is 4.13. The van der Waals surface area contributed by atoms with Crippen molar-refractivity contribution < 1.29 is 18.0 Å². The van der Waals surface area contributed by atoms with Gasteiger partial charge in [-0.2, -0.15) is 13.2 Å². The highest BCUT2D eigenvalue weighted by Gasteiger charge is 2.31. The number of carbonyl (C=O) groups excluding carboxylic acids is 1. The molecule has 1 saturated heterocycles. The summed E-state index contributed by atoms with van der Waals surface area (Å²) < 4.78 is 38.1. The number of halogens is 3. The highest BCUT2D eigenvalue weighted by molar-refractivity contribution is 7.17. The molecule has 0 bridgehead atoms. The predicted molar refractivity (Wildman–Crippen MR) is 107 cm³/mol. The predicted octanol–water partition coefficient (Wildman–Crippen LogP) is 3.89. The fraction of sp³-hybridized carbons (Fsp3) is 0.300. The van der Waals surface area contributed by atoms with E-state index in [4.69, 9.17) is 0 Å². The SMILES string of the molecule is Cc1nc(-c2ccccn2)sc1C(=O)N1CCN(c2ccc(C(F)(F)F)cn2)CC1. The van der Waals surface area contributed by atoms with Crippen molar-refractivity contribution in [2.45, 2.75) is 13.1 Å². The molecule has 0 unspecified atom stereocenters. The Balaban J connectivity index is 1.42. The van der Waals surface area contributed by atoms with Crippen LogP contribution in [0.15, 0.2) is 42.7 Å². The molecule has 3 aromatic rings. The number of thiazole rings is 1. The molecule has 0 radical (unpaired) electrons. The number of piperazine rings is 1. The van der Waals surface area contributed by atoms with Crippen LogP contribution in [0.1, 0.15) is 20.9 Å². The van der Waals surface area contributed by atoms with Crippen molar-refractivity contribution in [3.8, 4) is 10.7 Å². The first-order valence-corrected chi connectivity index (χ1v) is 10.1. The summed E-state index contributed by atoms with van der Waals surface area (Å²) in [5.41, 5.74) is 0.616. The topological polar surface area (TPSA) is 62.2 Å². The average Bonchev–Trinajstić information content (AvgIpc) is 3.15. The van der Waals surface area contributed by atoms with Gasteiger partial charge in [-0.3, -0.25) is 9.78 Å². The van der Waals surface area contributed by atoms with E-state index in [2.05, 4.69) is 15.0 Å². The number of amides is 1. The largest absolute Gasteiger partial charge is 0.417 e. The Morgan fingerprint density at radius 1 is 1.07 bits per heavy atom. The Bertz CT molecular complexity index is 1030. The minimum Gasteiger partial charge on any atom is -0.353 e. The zero-order chi connectivity index (χ0) is 21.3. The zero-order valence-electron chi connectivity index (χ0n) is 16.1. The third-order valence-corrected chi connectivity index (χ3v) is 6.01. The molecular weight excluding hydrogens is 415 g/mol. The molecule has 0 atom stereocenters. The molecule has 0 spiro atoms. The quantitative estimate of drug-likeness (QED) is 0.627. The number of pyridine rings is 2. The number of hydrogen-bond donors (Lipinski definition) is 0. The van der Waals surface area contributed by atoms with Crippen LogP contribution in [0.25, 0.3) is 10.7 Å². The summed E-state index contributed by atoms with van der Waals surface area (Å²) >= 11 is 1.32. The second kappa shape index (κ2) is 8.02. The molecule has 4 rings (SSSR count). The fourth-order valence-corrected chi connectivity index (χ4v) is 4.23. The molecule has 0 saturated carbocycles. The van der Waals surface area contributed by atoms with Gasteiger partial charge in [0.1, 0.15) is 15.7 Å². The minimum atomic E-state index is -4.41. The Labute approximate surface area is 175 Å². The molecule has 0 N–H and O–H groups in total. The van der Waals surface area contributed by atoms with Gasteiger partial charge in [0.25, 0.3) is 5.91 Å². The first-order chi connectivity index (χ1) is 14.3. The lowest BCUT2D eigenvalue weighted by molar-refractivity contribution is -0.137. The van der Waals surface area contributed by atoms with Gasteiger partial charge in [-0.05, 0) is 31.2 Å². The summed E-state index contributed by atoms with van der Waals surface area (Å²) in [6, 6.07) is 7.94. The van der Waals surface area contributed by atoms with E-state index in [1.165, 1.54) is 17.4 Å². The highest BCUT2D eigenvalue weighted by Crippen LogP contribution is 2.30. The molecule has 1 aliphatic rings. The summed E-state index contributed by atoms with van der Waals surface area (Å²) in [4.78, 5) is 29.9. The van der Waals surface area contributed by atoms with E-state index in [1.807, 2.05) is 23.1 Å². The van der Waals surface area contributed by atoms with Crippen LogP contribution in [0.4, 0.5) is 19.0 Å². The van der Waals surface area contributed by atoms with E-state index in [0.29, 0.717) is 47.6 Å². The molecular formula is C20H18F3N5OS. The van der Waals surface area contributed by atoms with Gasteiger partial charge >= 0.3 is 6.18 Å². The number of aryl methyl sites for hydroxylation is 1. The van der Waals surface area contributed by atoms with E-state index in [0.717, 1.165) is 18.0 Å². The van der Waals surface area contributed by atoms with Crippen LogP contribution < -0.4 is 4.90 Å². The standard InChI is InChI=1S/C20H18F3N5OS/c1-13-17(30-18(26-13)15-4-2-3-7-24-15)19(29)28-10-8-27(9-11-28)16-6-5-14(12-25-16)20(21,22)23/h2-7,12H,8-11H2,1H3. The van der Waals surface area contributed by atoms with Crippen molar-refractivity contribution in [3.63, 3.8) is 0 Å². The summed E-state index contributed by atoms with van der Waals surface area (Å²) in [6.07, 6.45) is -1.88. The molecule has 4 heterocycles. The molecule has 1 fully saturated rings. The maximum atomic E-state index is 13.0. The van der Waals surface area contributed by atoms with Crippen molar-refractivity contribution in [1.82, 2.24) is 19.9 Å². The second-order valence-corrected chi connectivity index (χ2v) is 7.83. The molecule has 1 aliphatic heterocycles. The van der Waals surface area contributed by atoms with Crippen molar-refractivity contribution in [2.75, 3.05) is 31.1 Å². The number of carbonyl (C=O) groups is 1. The van der Waals surface area contributed by atoms with Crippen LogP contribution in [0, 0.1) is 6.92 Å². The molecule has 30 heavy (non-hydrogen) atoms. The van der Waals surface area contributed by atoms with E-state index in [9.17, 15) is 18.0 Å². The smallest absolute Gasteiger partial charge is 0.353 e.